The predicted molar refractivity (Wildman–Crippen MR) is 115 cm³/mol. The van der Waals surface area contributed by atoms with Crippen molar-refractivity contribution in [2.24, 2.45) is 0 Å². The zero-order chi connectivity index (χ0) is 25.7. The van der Waals surface area contributed by atoms with E-state index >= 15 is 0 Å². The van der Waals surface area contributed by atoms with Gasteiger partial charge in [0, 0.05) is 12.7 Å². The number of carbonyl (C=O) groups excluding carboxylic acids is 2. The number of aromatic nitrogens is 1. The van der Waals surface area contributed by atoms with E-state index in [1.54, 1.807) is 0 Å². The number of amides is 3. The second-order valence-electron chi connectivity index (χ2n) is 7.93. The van der Waals surface area contributed by atoms with Crippen LogP contribution < -0.4 is 9.62 Å². The van der Waals surface area contributed by atoms with Crippen molar-refractivity contribution < 1.29 is 39.6 Å². The standard InChI is InChI=1S/C19H19F3N4O6S2/c1-18(2)16(27)26(13-4-6-14(7-5-13)34(31,32)19(20,21)22)17(28)25(18)11-12-8-9-23-15(10-12)24-33(3,29)30/h4-10H,11H2,1-3H3,(H,23,24). The topological polar surface area (TPSA) is 134 Å². The van der Waals surface area contributed by atoms with E-state index in [1.165, 1.54) is 37.1 Å². The monoisotopic (exact) mass is 520 g/mol. The Kier molecular flexibility index (Phi) is 6.15. The molecule has 3 amide bonds. The summed E-state index contributed by atoms with van der Waals surface area (Å²) in [6, 6.07) is 5.31. The molecule has 0 unspecified atom stereocenters. The van der Waals surface area contributed by atoms with Crippen molar-refractivity contribution in [1.29, 1.82) is 0 Å². The van der Waals surface area contributed by atoms with Gasteiger partial charge in [0.05, 0.1) is 16.8 Å². The van der Waals surface area contributed by atoms with E-state index in [9.17, 15) is 39.6 Å². The molecule has 1 saturated heterocycles. The molecule has 2 heterocycles. The number of nitrogens with zero attached hydrogens (tertiary/aromatic N) is 3. The van der Waals surface area contributed by atoms with Gasteiger partial charge in [-0.3, -0.25) is 9.52 Å². The second kappa shape index (κ2) is 8.23. The Bertz CT molecular complexity index is 1360. The molecule has 1 fully saturated rings. The van der Waals surface area contributed by atoms with Crippen LogP contribution in [0.5, 0.6) is 0 Å². The molecule has 15 heteroatoms. The van der Waals surface area contributed by atoms with Gasteiger partial charge in [-0.2, -0.15) is 13.2 Å². The van der Waals surface area contributed by atoms with E-state index in [0.717, 1.165) is 23.3 Å². The molecule has 1 N–H and O–H groups in total. The first kappa shape index (κ1) is 25.4. The highest BCUT2D eigenvalue weighted by Crippen LogP contribution is 2.35. The minimum Gasteiger partial charge on any atom is -0.305 e. The molecule has 0 saturated carbocycles. The summed E-state index contributed by atoms with van der Waals surface area (Å²) in [6.07, 6.45) is 2.26. The number of imide groups is 1. The predicted octanol–water partition coefficient (Wildman–Crippen LogP) is 2.49. The summed E-state index contributed by atoms with van der Waals surface area (Å²) in [4.78, 5) is 30.9. The summed E-state index contributed by atoms with van der Waals surface area (Å²) >= 11 is 0. The quantitative estimate of drug-likeness (QED) is 0.579. The lowest BCUT2D eigenvalue weighted by Gasteiger charge is -2.27. The number of anilines is 2. The molecule has 10 nitrogen and oxygen atoms in total. The Balaban J connectivity index is 1.91. The third kappa shape index (κ3) is 4.70. The van der Waals surface area contributed by atoms with Crippen LogP contribution in [-0.2, 0) is 31.2 Å². The van der Waals surface area contributed by atoms with Crippen LogP contribution in [0, 0.1) is 0 Å². The summed E-state index contributed by atoms with van der Waals surface area (Å²) < 4.78 is 86.5. The third-order valence-electron chi connectivity index (χ3n) is 4.99. The second-order valence-corrected chi connectivity index (χ2v) is 11.6. The first-order valence-electron chi connectivity index (χ1n) is 9.45. The van der Waals surface area contributed by atoms with Gasteiger partial charge in [0.25, 0.3) is 15.7 Å². The van der Waals surface area contributed by atoms with E-state index < -0.39 is 47.7 Å². The molecular formula is C19H19F3N4O6S2. The minimum absolute atomic E-state index is 0.00842. The highest BCUT2D eigenvalue weighted by molar-refractivity contribution is 7.92. The zero-order valence-electron chi connectivity index (χ0n) is 18.0. The largest absolute Gasteiger partial charge is 0.501 e. The average molecular weight is 521 g/mol. The molecule has 2 aromatic rings. The van der Waals surface area contributed by atoms with Crippen LogP contribution in [0.25, 0.3) is 0 Å². The number of nitrogens with one attached hydrogen (secondary N) is 1. The SMILES string of the molecule is CC1(C)C(=O)N(c2ccc(S(=O)(=O)C(F)(F)F)cc2)C(=O)N1Cc1ccnc(NS(C)(=O)=O)c1. The van der Waals surface area contributed by atoms with Crippen molar-refractivity contribution in [2.75, 3.05) is 15.9 Å². The number of sulfone groups is 1. The number of carbonyl (C=O) groups is 2. The molecule has 3 rings (SSSR count). The van der Waals surface area contributed by atoms with Crippen molar-refractivity contribution >= 4 is 43.3 Å². The van der Waals surface area contributed by atoms with E-state index in [-0.39, 0.29) is 18.1 Å². The van der Waals surface area contributed by atoms with E-state index in [4.69, 9.17) is 0 Å². The number of pyridine rings is 1. The molecule has 0 aliphatic carbocycles. The fraction of sp³-hybridized carbons (Fsp3) is 0.316. The van der Waals surface area contributed by atoms with Gasteiger partial charge < -0.3 is 4.90 Å². The van der Waals surface area contributed by atoms with Crippen LogP contribution in [0.4, 0.5) is 29.5 Å². The molecule has 1 aromatic heterocycles. The smallest absolute Gasteiger partial charge is 0.305 e. The summed E-state index contributed by atoms with van der Waals surface area (Å²) in [6.45, 7) is 2.81. The van der Waals surface area contributed by atoms with Crippen LogP contribution in [0.3, 0.4) is 0 Å². The molecular weight excluding hydrogens is 501 g/mol. The van der Waals surface area contributed by atoms with Gasteiger partial charge in [0.2, 0.25) is 10.0 Å². The first-order chi connectivity index (χ1) is 15.4. The average Bonchev–Trinajstić information content (AvgIpc) is 2.86. The van der Waals surface area contributed by atoms with E-state index in [0.29, 0.717) is 17.7 Å². The summed E-state index contributed by atoms with van der Waals surface area (Å²) in [5.74, 6) is -0.679. The van der Waals surface area contributed by atoms with Crippen molar-refractivity contribution in [3.8, 4) is 0 Å². The third-order valence-corrected chi connectivity index (χ3v) is 7.07. The Labute approximate surface area is 193 Å². The minimum atomic E-state index is -5.59. The summed E-state index contributed by atoms with van der Waals surface area (Å²) in [5, 5.41) is 0. The number of sulfonamides is 1. The van der Waals surface area contributed by atoms with Gasteiger partial charge in [0.1, 0.15) is 11.4 Å². The van der Waals surface area contributed by atoms with Crippen molar-refractivity contribution in [1.82, 2.24) is 9.88 Å². The Morgan fingerprint density at radius 1 is 1.03 bits per heavy atom. The van der Waals surface area contributed by atoms with Gasteiger partial charge in [-0.25, -0.2) is 31.5 Å². The maximum atomic E-state index is 13.1. The number of alkyl halides is 3. The van der Waals surface area contributed by atoms with Gasteiger partial charge in [-0.05, 0) is 55.8 Å². The Morgan fingerprint density at radius 3 is 2.15 bits per heavy atom. The molecule has 0 radical (unpaired) electrons. The molecule has 184 valence electrons. The van der Waals surface area contributed by atoms with Gasteiger partial charge in [-0.1, -0.05) is 0 Å². The normalized spacial score (nSPS) is 16.8. The lowest BCUT2D eigenvalue weighted by Crippen LogP contribution is -2.43. The number of benzene rings is 1. The lowest BCUT2D eigenvalue weighted by atomic mass is 10.0. The molecule has 0 atom stereocenters. The first-order valence-corrected chi connectivity index (χ1v) is 12.8. The van der Waals surface area contributed by atoms with Gasteiger partial charge in [0.15, 0.2) is 0 Å². The number of halogens is 3. The van der Waals surface area contributed by atoms with Gasteiger partial charge in [-0.15, -0.1) is 0 Å². The fourth-order valence-electron chi connectivity index (χ4n) is 3.24. The van der Waals surface area contributed by atoms with E-state index in [1.807, 2.05) is 0 Å². The van der Waals surface area contributed by atoms with Crippen molar-refractivity contribution in [3.05, 3.63) is 48.2 Å². The number of hydrogen-bond acceptors (Lipinski definition) is 7. The summed E-state index contributed by atoms with van der Waals surface area (Å²) in [7, 11) is -9.19. The zero-order valence-corrected chi connectivity index (χ0v) is 19.6. The molecule has 0 spiro atoms. The number of urea groups is 1. The lowest BCUT2D eigenvalue weighted by molar-refractivity contribution is -0.123. The van der Waals surface area contributed by atoms with Crippen LogP contribution in [0.15, 0.2) is 47.5 Å². The van der Waals surface area contributed by atoms with Gasteiger partial charge >= 0.3 is 11.5 Å². The van der Waals surface area contributed by atoms with Crippen molar-refractivity contribution in [3.63, 3.8) is 0 Å². The van der Waals surface area contributed by atoms with Crippen LogP contribution in [0.2, 0.25) is 0 Å². The highest BCUT2D eigenvalue weighted by atomic mass is 32.2. The molecule has 34 heavy (non-hydrogen) atoms. The molecule has 0 bridgehead atoms. The number of rotatable bonds is 6. The van der Waals surface area contributed by atoms with Crippen molar-refractivity contribution in [2.45, 2.75) is 36.3 Å². The maximum absolute atomic E-state index is 13.1. The maximum Gasteiger partial charge on any atom is 0.501 e. The van der Waals surface area contributed by atoms with Crippen LogP contribution in [0.1, 0.15) is 19.4 Å². The number of hydrogen-bond donors (Lipinski definition) is 1. The Morgan fingerprint density at radius 2 is 1.62 bits per heavy atom. The highest BCUT2D eigenvalue weighted by Gasteiger charge is 2.52. The molecule has 1 aromatic carbocycles. The fourth-order valence-corrected chi connectivity index (χ4v) is 4.49. The molecule has 1 aliphatic heterocycles. The van der Waals surface area contributed by atoms with Crippen LogP contribution >= 0.6 is 0 Å². The van der Waals surface area contributed by atoms with E-state index in [2.05, 4.69) is 9.71 Å². The summed E-state index contributed by atoms with van der Waals surface area (Å²) in [5.41, 5.74) is -6.53. The molecule has 1 aliphatic rings. The van der Waals surface area contributed by atoms with Crippen LogP contribution in [-0.4, -0.2) is 56.0 Å². The Hall–Kier alpha value is -3.20.